The number of piperidine rings is 1. The van der Waals surface area contributed by atoms with Crippen molar-refractivity contribution in [1.82, 2.24) is 4.90 Å². The first kappa shape index (κ1) is 15.8. The lowest BCUT2D eigenvalue weighted by Gasteiger charge is -2.29. The van der Waals surface area contributed by atoms with E-state index < -0.39 is 18.1 Å². The van der Waals surface area contributed by atoms with Gasteiger partial charge in [-0.25, -0.2) is 4.79 Å². The number of carboxylic acid groups (broad SMARTS) is 1. The van der Waals surface area contributed by atoms with E-state index >= 15 is 0 Å². The number of hydrogen-bond acceptors (Lipinski definition) is 4. The largest absolute Gasteiger partial charge is 0.480 e. The highest BCUT2D eigenvalue weighted by atomic mass is 16.4. The molecule has 2 heterocycles. The third-order valence-electron chi connectivity index (χ3n) is 4.66. The van der Waals surface area contributed by atoms with Crippen molar-refractivity contribution in [3.05, 3.63) is 29.8 Å². The number of hydrogen-bond donors (Lipinski definition) is 2. The summed E-state index contributed by atoms with van der Waals surface area (Å²) in [6.07, 6.45) is 2.96. The van der Waals surface area contributed by atoms with E-state index in [1.807, 2.05) is 12.1 Å². The van der Waals surface area contributed by atoms with E-state index in [4.69, 9.17) is 0 Å². The topological polar surface area (TPSA) is 81.1 Å². The molecule has 2 atom stereocenters. The second-order valence-corrected chi connectivity index (χ2v) is 6.30. The van der Waals surface area contributed by atoms with E-state index in [1.165, 1.54) is 24.2 Å². The zero-order chi connectivity index (χ0) is 16.4. The smallest absolute Gasteiger partial charge is 0.326 e. The Labute approximate surface area is 135 Å². The molecule has 0 aromatic heterocycles. The van der Waals surface area contributed by atoms with Gasteiger partial charge in [-0.1, -0.05) is 0 Å². The maximum absolute atomic E-state index is 12.5. The summed E-state index contributed by atoms with van der Waals surface area (Å²) in [6.45, 7) is 2.14. The van der Waals surface area contributed by atoms with Gasteiger partial charge in [0, 0.05) is 37.3 Å². The van der Waals surface area contributed by atoms with E-state index in [0.717, 1.165) is 18.8 Å². The molecule has 1 aromatic rings. The average Bonchev–Trinajstić information content (AvgIpc) is 2.97. The van der Waals surface area contributed by atoms with Crippen LogP contribution in [0, 0.1) is 0 Å². The number of aliphatic hydroxyl groups excluding tert-OH is 1. The van der Waals surface area contributed by atoms with Crippen molar-refractivity contribution in [3.8, 4) is 0 Å². The standard InChI is InChI=1S/C17H22N2O4/c20-14-10-15(17(22)23)19(11-14)16(21)12-4-6-13(7-5-12)18-8-2-1-3-9-18/h4-7,14-15,20H,1-3,8-11H2,(H,22,23)/t14-,15+/m1/s1. The van der Waals surface area contributed by atoms with Crippen molar-refractivity contribution < 1.29 is 19.8 Å². The summed E-state index contributed by atoms with van der Waals surface area (Å²) in [5.74, 6) is -1.40. The number of benzene rings is 1. The Balaban J connectivity index is 1.73. The predicted octanol–water partition coefficient (Wildman–Crippen LogP) is 1.34. The lowest BCUT2D eigenvalue weighted by molar-refractivity contribution is -0.141. The number of likely N-dealkylation sites (tertiary alicyclic amines) is 1. The summed E-state index contributed by atoms with van der Waals surface area (Å²) in [6, 6.07) is 6.38. The molecule has 6 heteroatoms. The van der Waals surface area contributed by atoms with Gasteiger partial charge in [0.1, 0.15) is 6.04 Å². The van der Waals surface area contributed by atoms with Crippen molar-refractivity contribution in [2.24, 2.45) is 0 Å². The van der Waals surface area contributed by atoms with Gasteiger partial charge in [0.15, 0.2) is 0 Å². The van der Waals surface area contributed by atoms with Gasteiger partial charge >= 0.3 is 5.97 Å². The molecular formula is C17H22N2O4. The number of anilines is 1. The van der Waals surface area contributed by atoms with Crippen molar-refractivity contribution >= 4 is 17.6 Å². The number of nitrogens with zero attached hydrogens (tertiary/aromatic N) is 2. The molecule has 2 fully saturated rings. The molecule has 2 aliphatic heterocycles. The number of amides is 1. The highest BCUT2D eigenvalue weighted by Crippen LogP contribution is 2.24. The van der Waals surface area contributed by atoms with Crippen molar-refractivity contribution in [2.75, 3.05) is 24.5 Å². The van der Waals surface area contributed by atoms with Gasteiger partial charge in [0.05, 0.1) is 6.10 Å². The third-order valence-corrected chi connectivity index (χ3v) is 4.66. The second kappa shape index (κ2) is 6.58. The third kappa shape index (κ3) is 3.32. The van der Waals surface area contributed by atoms with Gasteiger partial charge in [-0.15, -0.1) is 0 Å². The fourth-order valence-electron chi connectivity index (χ4n) is 3.41. The zero-order valence-electron chi connectivity index (χ0n) is 13.0. The Morgan fingerprint density at radius 1 is 1.04 bits per heavy atom. The minimum Gasteiger partial charge on any atom is -0.480 e. The van der Waals surface area contributed by atoms with Crippen LogP contribution in [0.5, 0.6) is 0 Å². The highest BCUT2D eigenvalue weighted by molar-refractivity contribution is 5.97. The Morgan fingerprint density at radius 2 is 1.70 bits per heavy atom. The van der Waals surface area contributed by atoms with Crippen molar-refractivity contribution in [3.63, 3.8) is 0 Å². The molecule has 1 amide bonds. The molecule has 23 heavy (non-hydrogen) atoms. The zero-order valence-corrected chi connectivity index (χ0v) is 13.0. The summed E-state index contributed by atoms with van der Waals surface area (Å²) >= 11 is 0. The van der Waals surface area contributed by atoms with Gasteiger partial charge in [0.2, 0.25) is 0 Å². The lowest BCUT2D eigenvalue weighted by Crippen LogP contribution is -2.40. The molecule has 124 valence electrons. The molecule has 0 bridgehead atoms. The Bertz CT molecular complexity index is 581. The lowest BCUT2D eigenvalue weighted by atomic mass is 10.1. The SMILES string of the molecule is O=C(O)[C@@H]1C[C@@H](O)CN1C(=O)c1ccc(N2CCCCC2)cc1. The molecule has 2 N–H and O–H groups in total. The van der Waals surface area contributed by atoms with Gasteiger partial charge in [-0.05, 0) is 43.5 Å². The number of β-amino-alcohol motifs (C(OH)–C–C–N with tert-alkyl or cyclic N) is 1. The van der Waals surface area contributed by atoms with E-state index in [2.05, 4.69) is 4.90 Å². The molecule has 6 nitrogen and oxygen atoms in total. The Kier molecular flexibility index (Phi) is 4.52. The van der Waals surface area contributed by atoms with Crippen LogP contribution in [0.2, 0.25) is 0 Å². The van der Waals surface area contributed by atoms with Crippen LogP contribution >= 0.6 is 0 Å². The van der Waals surface area contributed by atoms with E-state index in [-0.39, 0.29) is 18.9 Å². The van der Waals surface area contributed by atoms with Gasteiger partial charge in [-0.2, -0.15) is 0 Å². The van der Waals surface area contributed by atoms with Crippen LogP contribution < -0.4 is 4.90 Å². The van der Waals surface area contributed by atoms with E-state index in [0.29, 0.717) is 5.56 Å². The molecule has 2 saturated heterocycles. The highest BCUT2D eigenvalue weighted by Gasteiger charge is 2.39. The molecule has 1 aromatic carbocycles. The fourth-order valence-corrected chi connectivity index (χ4v) is 3.41. The van der Waals surface area contributed by atoms with Crippen molar-refractivity contribution in [1.29, 1.82) is 0 Å². The molecule has 3 rings (SSSR count). The first-order valence-electron chi connectivity index (χ1n) is 8.13. The minimum atomic E-state index is -1.07. The van der Waals surface area contributed by atoms with Gasteiger partial charge in [0.25, 0.3) is 5.91 Å². The number of carbonyl (C=O) groups excluding carboxylic acids is 1. The van der Waals surface area contributed by atoms with Crippen molar-refractivity contribution in [2.45, 2.75) is 37.8 Å². The molecule has 0 aliphatic carbocycles. The molecule has 0 spiro atoms. The first-order chi connectivity index (χ1) is 11.1. The van der Waals surface area contributed by atoms with E-state index in [9.17, 15) is 19.8 Å². The summed E-state index contributed by atoms with van der Waals surface area (Å²) in [7, 11) is 0. The number of rotatable bonds is 3. The van der Waals surface area contributed by atoms with Crippen LogP contribution in [0.3, 0.4) is 0 Å². The molecule has 0 saturated carbocycles. The number of carboxylic acids is 1. The quantitative estimate of drug-likeness (QED) is 0.879. The maximum Gasteiger partial charge on any atom is 0.326 e. The van der Waals surface area contributed by atoms with Gasteiger partial charge in [-0.3, -0.25) is 4.79 Å². The summed E-state index contributed by atoms with van der Waals surface area (Å²) in [5.41, 5.74) is 1.56. The number of carbonyl (C=O) groups is 2. The minimum absolute atomic E-state index is 0.0731. The first-order valence-corrected chi connectivity index (χ1v) is 8.13. The maximum atomic E-state index is 12.5. The number of aliphatic carboxylic acids is 1. The van der Waals surface area contributed by atoms with Gasteiger partial charge < -0.3 is 20.0 Å². The molecule has 0 unspecified atom stereocenters. The fraction of sp³-hybridized carbons (Fsp3) is 0.529. The summed E-state index contributed by atoms with van der Waals surface area (Å²) < 4.78 is 0. The normalized spacial score (nSPS) is 24.7. The van der Waals surface area contributed by atoms with Crippen LogP contribution in [0.4, 0.5) is 5.69 Å². The number of aliphatic hydroxyl groups is 1. The molecule has 0 radical (unpaired) electrons. The second-order valence-electron chi connectivity index (χ2n) is 6.30. The molecular weight excluding hydrogens is 296 g/mol. The van der Waals surface area contributed by atoms with Crippen LogP contribution in [-0.4, -0.2) is 58.8 Å². The van der Waals surface area contributed by atoms with Crippen LogP contribution in [0.15, 0.2) is 24.3 Å². The average molecular weight is 318 g/mol. The summed E-state index contributed by atoms with van der Waals surface area (Å²) in [4.78, 5) is 27.3. The van der Waals surface area contributed by atoms with Crippen LogP contribution in [0.1, 0.15) is 36.0 Å². The summed E-state index contributed by atoms with van der Waals surface area (Å²) in [5, 5.41) is 18.9. The Morgan fingerprint density at radius 3 is 2.30 bits per heavy atom. The van der Waals surface area contributed by atoms with Crippen LogP contribution in [-0.2, 0) is 4.79 Å². The predicted molar refractivity (Wildman–Crippen MR) is 85.6 cm³/mol. The van der Waals surface area contributed by atoms with Crippen LogP contribution in [0.25, 0.3) is 0 Å². The Hall–Kier alpha value is -2.08. The van der Waals surface area contributed by atoms with E-state index in [1.54, 1.807) is 12.1 Å². The molecule has 2 aliphatic rings. The monoisotopic (exact) mass is 318 g/mol.